The Kier molecular flexibility index (Phi) is 6.27. The summed E-state index contributed by atoms with van der Waals surface area (Å²) in [6.45, 7) is 4.21. The Morgan fingerprint density at radius 2 is 2.12 bits per heavy atom. The molecule has 25 heavy (non-hydrogen) atoms. The zero-order valence-electron chi connectivity index (χ0n) is 14.1. The number of carbonyl (C=O) groups excluding carboxylic acids is 1. The van der Waals surface area contributed by atoms with Crippen molar-refractivity contribution in [1.29, 1.82) is 0 Å². The number of aryl methyl sites for hydroxylation is 1. The van der Waals surface area contributed by atoms with Crippen molar-refractivity contribution in [2.24, 2.45) is 5.10 Å². The Morgan fingerprint density at radius 1 is 1.32 bits per heavy atom. The average Bonchev–Trinajstić information content (AvgIpc) is 2.56. The van der Waals surface area contributed by atoms with Crippen LogP contribution in [0.3, 0.4) is 0 Å². The zero-order chi connectivity index (χ0) is 18.2. The first-order chi connectivity index (χ1) is 12.0. The molecule has 132 valence electrons. The van der Waals surface area contributed by atoms with E-state index in [1.807, 2.05) is 31.2 Å². The number of amides is 1. The van der Waals surface area contributed by atoms with Crippen molar-refractivity contribution in [2.75, 3.05) is 6.61 Å². The topological polar surface area (TPSA) is 116 Å². The molecule has 1 amide bonds. The fourth-order valence-electron chi connectivity index (χ4n) is 2.12. The minimum Gasteiger partial charge on any atom is -0.494 e. The van der Waals surface area contributed by atoms with Crippen molar-refractivity contribution in [3.63, 3.8) is 0 Å². The predicted molar refractivity (Wildman–Crippen MR) is 94.1 cm³/mol. The molecule has 1 aromatic carbocycles. The number of aromatic nitrogens is 2. The second-order valence-electron chi connectivity index (χ2n) is 5.40. The lowest BCUT2D eigenvalue weighted by Crippen LogP contribution is -2.30. The van der Waals surface area contributed by atoms with E-state index < -0.39 is 17.2 Å². The summed E-state index contributed by atoms with van der Waals surface area (Å²) in [5, 5.41) is 3.87. The largest absolute Gasteiger partial charge is 0.494 e. The second kappa shape index (κ2) is 8.62. The molecule has 0 unspecified atom stereocenters. The number of rotatable bonds is 7. The highest BCUT2D eigenvalue weighted by atomic mass is 16.5. The van der Waals surface area contributed by atoms with Crippen LogP contribution in [0.4, 0.5) is 0 Å². The first-order valence-corrected chi connectivity index (χ1v) is 7.86. The molecular formula is C17H20N4O4. The zero-order valence-corrected chi connectivity index (χ0v) is 14.1. The lowest BCUT2D eigenvalue weighted by molar-refractivity contribution is -0.120. The molecule has 0 saturated carbocycles. The number of carbonyl (C=O) groups is 1. The van der Waals surface area contributed by atoms with E-state index in [1.54, 1.807) is 6.92 Å². The van der Waals surface area contributed by atoms with Crippen molar-refractivity contribution in [2.45, 2.75) is 26.7 Å². The van der Waals surface area contributed by atoms with Crippen molar-refractivity contribution >= 4 is 12.1 Å². The van der Waals surface area contributed by atoms with Gasteiger partial charge in [-0.05, 0) is 31.0 Å². The first-order valence-electron chi connectivity index (χ1n) is 7.86. The van der Waals surface area contributed by atoms with Crippen LogP contribution in [0.15, 0.2) is 39.0 Å². The van der Waals surface area contributed by atoms with Crippen molar-refractivity contribution in [3.8, 4) is 5.75 Å². The molecule has 2 aromatic rings. The van der Waals surface area contributed by atoms with E-state index in [2.05, 4.69) is 20.5 Å². The van der Waals surface area contributed by atoms with Crippen LogP contribution in [-0.2, 0) is 11.2 Å². The van der Waals surface area contributed by atoms with Crippen LogP contribution in [0.2, 0.25) is 0 Å². The van der Waals surface area contributed by atoms with E-state index in [4.69, 9.17) is 4.74 Å². The molecule has 0 aliphatic rings. The van der Waals surface area contributed by atoms with Gasteiger partial charge in [-0.2, -0.15) is 5.10 Å². The number of hydrazone groups is 1. The Balaban J connectivity index is 1.97. The van der Waals surface area contributed by atoms with Gasteiger partial charge in [0.1, 0.15) is 5.75 Å². The number of nitrogens with one attached hydrogen (secondary N) is 3. The summed E-state index contributed by atoms with van der Waals surface area (Å²) >= 11 is 0. The van der Waals surface area contributed by atoms with Gasteiger partial charge in [0, 0.05) is 11.3 Å². The van der Waals surface area contributed by atoms with Gasteiger partial charge in [0.25, 0.3) is 5.56 Å². The van der Waals surface area contributed by atoms with E-state index in [0.717, 1.165) is 17.7 Å². The molecule has 1 aromatic heterocycles. The molecule has 0 saturated heterocycles. The van der Waals surface area contributed by atoms with Crippen LogP contribution >= 0.6 is 0 Å². The third kappa shape index (κ3) is 5.45. The van der Waals surface area contributed by atoms with Crippen LogP contribution in [0.25, 0.3) is 0 Å². The lowest BCUT2D eigenvalue weighted by atomic mass is 10.1. The molecule has 0 aliphatic carbocycles. The molecule has 2 rings (SSSR count). The normalized spacial score (nSPS) is 10.8. The van der Waals surface area contributed by atoms with Gasteiger partial charge in [-0.1, -0.05) is 19.1 Å². The Bertz CT molecular complexity index is 883. The number of nitrogens with zero attached hydrogens (tertiary/aromatic N) is 1. The van der Waals surface area contributed by atoms with Gasteiger partial charge in [-0.3, -0.25) is 14.6 Å². The summed E-state index contributed by atoms with van der Waals surface area (Å²) < 4.78 is 5.52. The second-order valence-corrected chi connectivity index (χ2v) is 5.40. The molecule has 0 bridgehead atoms. The summed E-state index contributed by atoms with van der Waals surface area (Å²) in [5.74, 6) is 0.266. The van der Waals surface area contributed by atoms with Crippen LogP contribution in [0.1, 0.15) is 30.2 Å². The van der Waals surface area contributed by atoms with Crippen LogP contribution in [0.5, 0.6) is 5.75 Å². The first kappa shape index (κ1) is 18.2. The summed E-state index contributed by atoms with van der Waals surface area (Å²) in [6, 6.07) is 7.31. The molecule has 3 N–H and O–H groups in total. The van der Waals surface area contributed by atoms with Crippen LogP contribution < -0.4 is 21.4 Å². The van der Waals surface area contributed by atoms with Gasteiger partial charge < -0.3 is 9.72 Å². The molecule has 0 aliphatic heterocycles. The SMILES string of the molecule is CCCOc1cccc(/C=N\NC(=O)Cc2c(C)[nH]c(=O)[nH]c2=O)c1. The molecule has 0 spiro atoms. The monoisotopic (exact) mass is 344 g/mol. The smallest absolute Gasteiger partial charge is 0.325 e. The number of hydrogen-bond acceptors (Lipinski definition) is 5. The van der Waals surface area contributed by atoms with E-state index in [1.165, 1.54) is 6.21 Å². The molecule has 0 radical (unpaired) electrons. The molecular weight excluding hydrogens is 324 g/mol. The highest BCUT2D eigenvalue weighted by Gasteiger charge is 2.10. The van der Waals surface area contributed by atoms with Gasteiger partial charge >= 0.3 is 5.69 Å². The average molecular weight is 344 g/mol. The van der Waals surface area contributed by atoms with Crippen LogP contribution in [-0.4, -0.2) is 28.7 Å². The fraction of sp³-hybridized carbons (Fsp3) is 0.294. The lowest BCUT2D eigenvalue weighted by Gasteiger charge is -2.05. The van der Waals surface area contributed by atoms with Crippen molar-refractivity contribution < 1.29 is 9.53 Å². The molecule has 1 heterocycles. The number of benzene rings is 1. The van der Waals surface area contributed by atoms with Crippen LogP contribution in [0, 0.1) is 6.92 Å². The predicted octanol–water partition coefficient (Wildman–Crippen LogP) is 0.853. The highest BCUT2D eigenvalue weighted by Crippen LogP contribution is 2.12. The van der Waals surface area contributed by atoms with Gasteiger partial charge in [0.2, 0.25) is 5.91 Å². The summed E-state index contributed by atoms with van der Waals surface area (Å²) in [6.07, 6.45) is 2.22. The van der Waals surface area contributed by atoms with Gasteiger partial charge in [-0.25, -0.2) is 10.2 Å². The van der Waals surface area contributed by atoms with Crippen molar-refractivity contribution in [1.82, 2.24) is 15.4 Å². The Morgan fingerprint density at radius 3 is 2.84 bits per heavy atom. The molecule has 8 nitrogen and oxygen atoms in total. The maximum atomic E-state index is 11.9. The molecule has 0 fully saturated rings. The highest BCUT2D eigenvalue weighted by molar-refractivity contribution is 5.83. The number of aromatic amines is 2. The van der Waals surface area contributed by atoms with Crippen molar-refractivity contribution in [3.05, 3.63) is 61.9 Å². The van der Waals surface area contributed by atoms with E-state index >= 15 is 0 Å². The summed E-state index contributed by atoms with van der Waals surface area (Å²) in [4.78, 5) is 39.3. The number of hydrogen-bond donors (Lipinski definition) is 3. The maximum Gasteiger partial charge on any atom is 0.325 e. The third-order valence-corrected chi connectivity index (χ3v) is 3.33. The third-order valence-electron chi connectivity index (χ3n) is 3.33. The van der Waals surface area contributed by atoms with E-state index in [9.17, 15) is 14.4 Å². The maximum absolute atomic E-state index is 11.9. The van der Waals surface area contributed by atoms with E-state index in [-0.39, 0.29) is 12.0 Å². The van der Waals surface area contributed by atoms with Gasteiger partial charge in [-0.15, -0.1) is 0 Å². The summed E-state index contributed by atoms with van der Waals surface area (Å²) in [5.41, 5.74) is 2.49. The quantitative estimate of drug-likeness (QED) is 0.510. The fourth-order valence-corrected chi connectivity index (χ4v) is 2.12. The van der Waals surface area contributed by atoms with Gasteiger partial charge in [0.05, 0.1) is 19.2 Å². The summed E-state index contributed by atoms with van der Waals surface area (Å²) in [7, 11) is 0. The Hall–Kier alpha value is -3.16. The van der Waals surface area contributed by atoms with Gasteiger partial charge in [0.15, 0.2) is 0 Å². The molecule has 8 heteroatoms. The number of ether oxygens (including phenoxy) is 1. The minimum absolute atomic E-state index is 0.186. The number of H-pyrrole nitrogens is 2. The molecule has 0 atom stereocenters. The minimum atomic E-state index is -0.602. The Labute approximate surface area is 143 Å². The standard InChI is InChI=1S/C17H20N4O4/c1-3-7-25-13-6-4-5-12(8-13)10-18-21-15(22)9-14-11(2)19-17(24)20-16(14)23/h4-6,8,10H,3,7,9H2,1-2H3,(H,21,22)(H2,19,20,23,24)/b18-10-. The van der Waals surface area contributed by atoms with E-state index in [0.29, 0.717) is 12.3 Å².